The van der Waals surface area contributed by atoms with Crippen molar-refractivity contribution >= 4 is 45.2 Å². The molecule has 0 aliphatic carbocycles. The smallest absolute Gasteiger partial charge is 0.275 e. The molecule has 1 N–H and O–H groups in total. The molecule has 5 nitrogen and oxygen atoms in total. The van der Waals surface area contributed by atoms with Crippen molar-refractivity contribution in [3.05, 3.63) is 55.4 Å². The van der Waals surface area contributed by atoms with Gasteiger partial charge in [0, 0.05) is 21.8 Å². The van der Waals surface area contributed by atoms with Gasteiger partial charge in [-0.2, -0.15) is 9.61 Å². The van der Waals surface area contributed by atoms with Gasteiger partial charge >= 0.3 is 0 Å². The van der Waals surface area contributed by atoms with Gasteiger partial charge in [-0.25, -0.2) is 4.98 Å². The van der Waals surface area contributed by atoms with Crippen molar-refractivity contribution in [3.8, 4) is 0 Å². The summed E-state index contributed by atoms with van der Waals surface area (Å²) < 4.78 is 1.34. The summed E-state index contributed by atoms with van der Waals surface area (Å²) in [4.78, 5) is 17.1. The van der Waals surface area contributed by atoms with E-state index in [-0.39, 0.29) is 5.56 Å². The largest absolute Gasteiger partial charge is 0.379 e. The van der Waals surface area contributed by atoms with Crippen molar-refractivity contribution in [2.75, 3.05) is 5.32 Å². The van der Waals surface area contributed by atoms with Crippen LogP contribution in [0.5, 0.6) is 0 Å². The summed E-state index contributed by atoms with van der Waals surface area (Å²) in [5.74, 6) is 0. The van der Waals surface area contributed by atoms with Crippen LogP contribution in [0, 0.1) is 0 Å². The number of fused-ring (bicyclic) bond motifs is 1. The maximum Gasteiger partial charge on any atom is 0.275 e. The van der Waals surface area contributed by atoms with Crippen molar-refractivity contribution < 1.29 is 0 Å². The first-order chi connectivity index (χ1) is 10.5. The molecule has 3 aromatic rings. The van der Waals surface area contributed by atoms with E-state index in [1.807, 2.05) is 6.92 Å². The number of aryl methyl sites for hydroxylation is 1. The van der Waals surface area contributed by atoms with Crippen LogP contribution in [-0.4, -0.2) is 14.6 Å². The molecule has 3 rings (SSSR count). The molecular weight excluding hydrogens is 343 g/mol. The van der Waals surface area contributed by atoms with Gasteiger partial charge in [-0.1, -0.05) is 41.5 Å². The number of aromatic nitrogens is 3. The lowest BCUT2D eigenvalue weighted by Crippen LogP contribution is -2.16. The molecule has 0 radical (unpaired) electrons. The van der Waals surface area contributed by atoms with Crippen molar-refractivity contribution in [1.29, 1.82) is 0 Å². The third kappa shape index (κ3) is 3.24. The number of hydrogen-bond donors (Lipinski definition) is 1. The van der Waals surface area contributed by atoms with Crippen LogP contribution in [0.1, 0.15) is 17.6 Å². The van der Waals surface area contributed by atoms with E-state index in [0.717, 1.165) is 17.1 Å². The first kappa shape index (κ1) is 15.3. The monoisotopic (exact) mass is 354 g/mol. The Hall–Kier alpha value is -1.63. The molecular formula is C14H12Cl2N4OS. The van der Waals surface area contributed by atoms with Crippen molar-refractivity contribution in [2.45, 2.75) is 19.9 Å². The molecule has 22 heavy (non-hydrogen) atoms. The minimum Gasteiger partial charge on any atom is -0.379 e. The van der Waals surface area contributed by atoms with Gasteiger partial charge in [0.2, 0.25) is 4.96 Å². The van der Waals surface area contributed by atoms with Gasteiger partial charge in [0.15, 0.2) is 0 Å². The van der Waals surface area contributed by atoms with Gasteiger partial charge in [-0.15, -0.1) is 0 Å². The van der Waals surface area contributed by atoms with E-state index >= 15 is 0 Å². The Morgan fingerprint density at radius 1 is 1.23 bits per heavy atom. The summed E-state index contributed by atoms with van der Waals surface area (Å²) in [6, 6.07) is 6.67. The summed E-state index contributed by atoms with van der Waals surface area (Å²) in [7, 11) is 0. The first-order valence-corrected chi connectivity index (χ1v) is 8.21. The molecule has 114 valence electrons. The molecule has 0 aliphatic rings. The van der Waals surface area contributed by atoms with E-state index in [2.05, 4.69) is 15.4 Å². The number of halogens is 2. The van der Waals surface area contributed by atoms with Crippen molar-refractivity contribution in [2.24, 2.45) is 0 Å². The van der Waals surface area contributed by atoms with E-state index in [9.17, 15) is 4.79 Å². The fraction of sp³-hybridized carbons (Fsp3) is 0.214. The number of benzene rings is 1. The Morgan fingerprint density at radius 3 is 2.64 bits per heavy atom. The van der Waals surface area contributed by atoms with Crippen LogP contribution in [-0.2, 0) is 13.0 Å². The van der Waals surface area contributed by atoms with E-state index in [1.165, 1.54) is 21.9 Å². The predicted molar refractivity (Wildman–Crippen MR) is 90.3 cm³/mol. The lowest BCUT2D eigenvalue weighted by molar-refractivity contribution is 0.846. The second-order valence-corrected chi connectivity index (χ2v) is 6.55. The molecule has 0 unspecified atom stereocenters. The lowest BCUT2D eigenvalue weighted by atomic mass is 10.3. The molecule has 0 amide bonds. The fourth-order valence-electron chi connectivity index (χ4n) is 1.98. The Bertz CT molecular complexity index is 870. The van der Waals surface area contributed by atoms with Crippen molar-refractivity contribution in [1.82, 2.24) is 14.6 Å². The normalized spacial score (nSPS) is 11.0. The van der Waals surface area contributed by atoms with Crippen LogP contribution in [0.15, 0.2) is 29.1 Å². The zero-order chi connectivity index (χ0) is 15.7. The highest BCUT2D eigenvalue weighted by molar-refractivity contribution is 7.16. The second kappa shape index (κ2) is 6.24. The van der Waals surface area contributed by atoms with Gasteiger partial charge in [-0.3, -0.25) is 4.79 Å². The van der Waals surface area contributed by atoms with E-state index in [1.54, 1.807) is 18.2 Å². The zero-order valence-electron chi connectivity index (χ0n) is 11.6. The van der Waals surface area contributed by atoms with E-state index in [4.69, 9.17) is 23.2 Å². The lowest BCUT2D eigenvalue weighted by Gasteiger charge is -2.07. The quantitative estimate of drug-likeness (QED) is 0.776. The van der Waals surface area contributed by atoms with Crippen LogP contribution in [0.3, 0.4) is 0 Å². The number of hydrogen-bond acceptors (Lipinski definition) is 5. The minimum atomic E-state index is -0.179. The second-order valence-electron chi connectivity index (χ2n) is 4.64. The average molecular weight is 355 g/mol. The highest BCUT2D eigenvalue weighted by Gasteiger charge is 2.08. The predicted octanol–water partition coefficient (Wildman–Crippen LogP) is 3.63. The Kier molecular flexibility index (Phi) is 4.33. The molecule has 0 bridgehead atoms. The molecule has 2 aromatic heterocycles. The molecule has 0 atom stereocenters. The third-order valence-electron chi connectivity index (χ3n) is 2.98. The van der Waals surface area contributed by atoms with Crippen molar-refractivity contribution in [3.63, 3.8) is 0 Å². The third-order valence-corrected chi connectivity index (χ3v) is 4.47. The molecule has 0 saturated heterocycles. The molecule has 0 fully saturated rings. The Morgan fingerprint density at radius 2 is 1.95 bits per heavy atom. The fourth-order valence-corrected chi connectivity index (χ4v) is 3.36. The van der Waals surface area contributed by atoms with Crippen LogP contribution in [0.2, 0.25) is 10.0 Å². The molecule has 0 saturated carbocycles. The highest BCUT2D eigenvalue weighted by Crippen LogP contribution is 2.22. The number of anilines is 1. The molecule has 1 aromatic carbocycles. The standard InChI is InChI=1S/C14H12Cl2N4OS/c1-2-12-19-20-13(21)6-11(18-14(20)22-12)7-17-10-4-8(15)3-9(16)5-10/h3-6,17H,2,7H2,1H3. The highest BCUT2D eigenvalue weighted by atomic mass is 35.5. The SMILES string of the molecule is CCc1nn2c(=O)cc(CNc3cc(Cl)cc(Cl)c3)nc2s1. The average Bonchev–Trinajstić information content (AvgIpc) is 2.88. The van der Waals surface area contributed by atoms with Crippen LogP contribution in [0.25, 0.3) is 4.96 Å². The van der Waals surface area contributed by atoms with Gasteiger partial charge in [0.1, 0.15) is 5.01 Å². The molecule has 2 heterocycles. The maximum absolute atomic E-state index is 12.0. The first-order valence-electron chi connectivity index (χ1n) is 6.64. The van der Waals surface area contributed by atoms with E-state index in [0.29, 0.717) is 27.2 Å². The van der Waals surface area contributed by atoms with Crippen LogP contribution in [0.4, 0.5) is 5.69 Å². The summed E-state index contributed by atoms with van der Waals surface area (Å²) in [6.07, 6.45) is 0.780. The molecule has 0 aliphatic heterocycles. The number of rotatable bonds is 4. The number of nitrogens with zero attached hydrogens (tertiary/aromatic N) is 3. The topological polar surface area (TPSA) is 59.3 Å². The van der Waals surface area contributed by atoms with Crippen LogP contribution < -0.4 is 10.9 Å². The molecule has 8 heteroatoms. The summed E-state index contributed by atoms with van der Waals surface area (Å²) in [6.45, 7) is 2.40. The zero-order valence-corrected chi connectivity index (χ0v) is 14.0. The molecule has 0 spiro atoms. The van der Waals surface area contributed by atoms with Crippen LogP contribution >= 0.6 is 34.5 Å². The van der Waals surface area contributed by atoms with E-state index < -0.39 is 0 Å². The minimum absolute atomic E-state index is 0.179. The van der Waals surface area contributed by atoms with Gasteiger partial charge < -0.3 is 5.32 Å². The Balaban J connectivity index is 1.86. The number of nitrogens with one attached hydrogen (secondary N) is 1. The summed E-state index contributed by atoms with van der Waals surface area (Å²) in [5, 5.41) is 9.36. The summed E-state index contributed by atoms with van der Waals surface area (Å²) >= 11 is 13.3. The van der Waals surface area contributed by atoms with Gasteiger partial charge in [0.05, 0.1) is 12.2 Å². The van der Waals surface area contributed by atoms with Gasteiger partial charge in [-0.05, 0) is 24.6 Å². The Labute approximate surface area is 140 Å². The van der Waals surface area contributed by atoms with Gasteiger partial charge in [0.25, 0.3) is 5.56 Å². The maximum atomic E-state index is 12.0. The summed E-state index contributed by atoms with van der Waals surface area (Å²) in [5.41, 5.74) is 1.24.